The van der Waals surface area contributed by atoms with Crippen molar-refractivity contribution >= 4 is 36.6 Å². The highest BCUT2D eigenvalue weighted by molar-refractivity contribution is 7.30. The van der Waals surface area contributed by atoms with Gasteiger partial charge in [-0.05, 0) is 33.7 Å². The Kier molecular flexibility index (Phi) is 6.47. The Balaban J connectivity index is 0.000000291. The van der Waals surface area contributed by atoms with Crippen LogP contribution >= 0.6 is 8.25 Å². The van der Waals surface area contributed by atoms with Crippen LogP contribution < -0.4 is 0 Å². The zero-order valence-electron chi connectivity index (χ0n) is 10.6. The van der Waals surface area contributed by atoms with Crippen LogP contribution in [0.25, 0.3) is 21.5 Å². The largest absolute Gasteiger partial charge is 0.692 e. The summed E-state index contributed by atoms with van der Waals surface area (Å²) < 4.78 is 8.70. The van der Waals surface area contributed by atoms with Crippen LogP contribution in [0.15, 0.2) is 60.7 Å². The maximum atomic E-state index is 8.70. The van der Waals surface area contributed by atoms with Crippen LogP contribution in [0.3, 0.4) is 0 Å². The highest BCUT2D eigenvalue weighted by atomic mass is 31.1. The van der Waals surface area contributed by atoms with Gasteiger partial charge in [0.25, 0.3) is 0 Å². The summed E-state index contributed by atoms with van der Waals surface area (Å²) in [6, 6.07) is 21.4. The minimum atomic E-state index is -2.87. The number of fused-ring (bicyclic) bond motifs is 2. The lowest BCUT2D eigenvalue weighted by Gasteiger charge is -2.00. The van der Waals surface area contributed by atoms with E-state index in [1.54, 1.807) is 0 Å². The first kappa shape index (κ1) is 15.9. The normalized spacial score (nSPS) is 9.10. The molecule has 20 heavy (non-hydrogen) atoms. The SMILES string of the molecule is C=O.O=[P+](O)O.c1ccc2cc3ccccc3cc2c1. The number of rotatable bonds is 0. The minimum absolute atomic E-state index is 1.31. The molecule has 2 N–H and O–H groups in total. The van der Waals surface area contributed by atoms with Crippen LogP contribution in [0, 0.1) is 0 Å². The molecule has 4 nitrogen and oxygen atoms in total. The van der Waals surface area contributed by atoms with Gasteiger partial charge < -0.3 is 4.79 Å². The average molecular weight is 289 g/mol. The number of hydrogen-bond acceptors (Lipinski definition) is 2. The molecule has 0 spiro atoms. The molecular weight excluding hydrogens is 275 g/mol. The Labute approximate surface area is 117 Å². The van der Waals surface area contributed by atoms with Gasteiger partial charge >= 0.3 is 8.25 Å². The summed E-state index contributed by atoms with van der Waals surface area (Å²) in [6.45, 7) is 2.00. The lowest BCUT2D eigenvalue weighted by molar-refractivity contribution is -0.0979. The van der Waals surface area contributed by atoms with E-state index in [-0.39, 0.29) is 0 Å². The summed E-state index contributed by atoms with van der Waals surface area (Å²) in [6.07, 6.45) is 0. The molecule has 0 radical (unpaired) electrons. The molecule has 0 aliphatic carbocycles. The molecule has 0 aliphatic rings. The Morgan fingerprint density at radius 2 is 0.900 bits per heavy atom. The van der Waals surface area contributed by atoms with Gasteiger partial charge in [0.05, 0.1) is 0 Å². The van der Waals surface area contributed by atoms with E-state index in [4.69, 9.17) is 19.1 Å². The molecule has 0 atom stereocenters. The Morgan fingerprint density at radius 1 is 0.700 bits per heavy atom. The van der Waals surface area contributed by atoms with E-state index in [1.165, 1.54) is 21.5 Å². The second-order valence-electron chi connectivity index (χ2n) is 3.80. The molecule has 0 bridgehead atoms. The standard InChI is InChI=1S/C14H10.CH2O.HO3P/c1-2-6-12-10-14-8-4-3-7-13(14)9-11(12)5-1;1-2;1-4(2)3/h1-10H;1H2;(H-,1,2,3)/p+1. The maximum Gasteiger partial charge on any atom is 0.692 e. The minimum Gasteiger partial charge on any atom is -0.307 e. The lowest BCUT2D eigenvalue weighted by atomic mass is 10.0. The zero-order valence-corrected chi connectivity index (χ0v) is 11.5. The molecule has 5 heteroatoms. The van der Waals surface area contributed by atoms with E-state index < -0.39 is 8.25 Å². The zero-order chi connectivity index (χ0) is 15.0. The van der Waals surface area contributed by atoms with Gasteiger partial charge in [-0.2, -0.15) is 0 Å². The van der Waals surface area contributed by atoms with Crippen LogP contribution in [0.1, 0.15) is 0 Å². The molecule has 0 fully saturated rings. The first-order valence-electron chi connectivity index (χ1n) is 5.68. The Morgan fingerprint density at radius 3 is 1.10 bits per heavy atom. The predicted molar refractivity (Wildman–Crippen MR) is 80.6 cm³/mol. The second-order valence-corrected chi connectivity index (χ2v) is 4.30. The molecule has 0 saturated heterocycles. The predicted octanol–water partition coefficient (Wildman–Crippen LogP) is 3.44. The molecule has 0 aliphatic heterocycles. The first-order chi connectivity index (χ1) is 9.66. The molecule has 0 aromatic heterocycles. The van der Waals surface area contributed by atoms with Gasteiger partial charge in [0.1, 0.15) is 6.79 Å². The van der Waals surface area contributed by atoms with Crippen LogP contribution in [-0.2, 0) is 9.36 Å². The monoisotopic (exact) mass is 289 g/mol. The van der Waals surface area contributed by atoms with E-state index in [1.807, 2.05) is 6.79 Å². The van der Waals surface area contributed by atoms with Gasteiger partial charge in [0, 0.05) is 4.57 Å². The number of carbonyl (C=O) groups excluding carboxylic acids is 1. The van der Waals surface area contributed by atoms with Crippen LogP contribution in [0.2, 0.25) is 0 Å². The van der Waals surface area contributed by atoms with Crippen molar-refractivity contribution in [3.05, 3.63) is 60.7 Å². The summed E-state index contributed by atoms with van der Waals surface area (Å²) in [7, 11) is -2.87. The molecule has 3 aromatic carbocycles. The van der Waals surface area contributed by atoms with E-state index in [0.717, 1.165) is 0 Å². The third-order valence-corrected chi connectivity index (χ3v) is 2.61. The maximum absolute atomic E-state index is 8.70. The van der Waals surface area contributed by atoms with Crippen molar-refractivity contribution in [3.8, 4) is 0 Å². The first-order valence-corrected chi connectivity index (χ1v) is 6.85. The average Bonchev–Trinajstić information content (AvgIpc) is 2.46. The summed E-state index contributed by atoms with van der Waals surface area (Å²) in [5.41, 5.74) is 0. The van der Waals surface area contributed by atoms with Gasteiger partial charge in [-0.1, -0.05) is 48.5 Å². The molecular formula is C15H14O4P+. The summed E-state index contributed by atoms with van der Waals surface area (Å²) >= 11 is 0. The molecule has 0 amide bonds. The van der Waals surface area contributed by atoms with E-state index in [2.05, 4.69) is 60.7 Å². The van der Waals surface area contributed by atoms with Crippen molar-refractivity contribution in [2.75, 3.05) is 0 Å². The third kappa shape index (κ3) is 4.52. The summed E-state index contributed by atoms with van der Waals surface area (Å²) in [4.78, 5) is 22.2. The molecule has 0 saturated carbocycles. The van der Waals surface area contributed by atoms with Crippen molar-refractivity contribution in [3.63, 3.8) is 0 Å². The number of benzene rings is 3. The van der Waals surface area contributed by atoms with Gasteiger partial charge in [-0.3, -0.25) is 0 Å². The Bertz CT molecular complexity index is 603. The molecule has 102 valence electrons. The molecule has 3 rings (SSSR count). The van der Waals surface area contributed by atoms with Gasteiger partial charge in [0.2, 0.25) is 0 Å². The van der Waals surface area contributed by atoms with Crippen LogP contribution in [-0.4, -0.2) is 16.6 Å². The fourth-order valence-corrected chi connectivity index (χ4v) is 1.88. The van der Waals surface area contributed by atoms with E-state index >= 15 is 0 Å². The van der Waals surface area contributed by atoms with E-state index in [9.17, 15) is 0 Å². The number of hydrogen-bond donors (Lipinski definition) is 2. The lowest BCUT2D eigenvalue weighted by Crippen LogP contribution is -1.74. The van der Waals surface area contributed by atoms with Gasteiger partial charge in [0.15, 0.2) is 0 Å². The molecule has 0 heterocycles. The topological polar surface area (TPSA) is 74.6 Å². The molecule has 3 aromatic rings. The number of carbonyl (C=O) groups is 1. The quantitative estimate of drug-likeness (QED) is 0.491. The highest BCUT2D eigenvalue weighted by Gasteiger charge is 1.95. The molecule has 0 unspecified atom stereocenters. The second kappa shape index (κ2) is 8.12. The fraction of sp³-hybridized carbons (Fsp3) is 0. The van der Waals surface area contributed by atoms with Crippen molar-refractivity contribution < 1.29 is 19.1 Å². The van der Waals surface area contributed by atoms with Gasteiger partial charge in [-0.15, -0.1) is 9.79 Å². The van der Waals surface area contributed by atoms with Crippen LogP contribution in [0.5, 0.6) is 0 Å². The van der Waals surface area contributed by atoms with Crippen molar-refractivity contribution in [2.45, 2.75) is 0 Å². The third-order valence-electron chi connectivity index (χ3n) is 2.61. The highest BCUT2D eigenvalue weighted by Crippen LogP contribution is 2.21. The van der Waals surface area contributed by atoms with Crippen molar-refractivity contribution in [2.24, 2.45) is 0 Å². The Hall–Kier alpha value is -2.13. The smallest absolute Gasteiger partial charge is 0.307 e. The van der Waals surface area contributed by atoms with Crippen molar-refractivity contribution in [1.29, 1.82) is 0 Å². The van der Waals surface area contributed by atoms with Crippen molar-refractivity contribution in [1.82, 2.24) is 0 Å². The van der Waals surface area contributed by atoms with Gasteiger partial charge in [-0.25, -0.2) is 0 Å². The van der Waals surface area contributed by atoms with E-state index in [0.29, 0.717) is 0 Å². The fourth-order valence-electron chi connectivity index (χ4n) is 1.88. The summed E-state index contributed by atoms with van der Waals surface area (Å²) in [5, 5.41) is 5.25. The summed E-state index contributed by atoms with van der Waals surface area (Å²) in [5.74, 6) is 0. The van der Waals surface area contributed by atoms with Crippen LogP contribution in [0.4, 0.5) is 0 Å².